The van der Waals surface area contributed by atoms with Gasteiger partial charge < -0.3 is 10.1 Å². The fourth-order valence-corrected chi connectivity index (χ4v) is 2.22. The maximum Gasteiger partial charge on any atom is 0.137 e. The first-order valence-electron chi connectivity index (χ1n) is 5.94. The molecule has 19 heavy (non-hydrogen) atoms. The van der Waals surface area contributed by atoms with Crippen LogP contribution in [-0.4, -0.2) is 7.11 Å². The first-order valence-corrected chi connectivity index (χ1v) is 6.74. The van der Waals surface area contributed by atoms with Gasteiger partial charge in [0.15, 0.2) is 0 Å². The lowest BCUT2D eigenvalue weighted by atomic mass is 10.2. The third-order valence-electron chi connectivity index (χ3n) is 2.72. The fourth-order valence-electron chi connectivity index (χ4n) is 1.79. The van der Waals surface area contributed by atoms with Crippen molar-refractivity contribution in [1.29, 1.82) is 0 Å². The van der Waals surface area contributed by atoms with Gasteiger partial charge in [0, 0.05) is 19.3 Å². The van der Waals surface area contributed by atoms with Gasteiger partial charge in [-0.2, -0.15) is 0 Å². The van der Waals surface area contributed by atoms with Gasteiger partial charge >= 0.3 is 0 Å². The third kappa shape index (κ3) is 4.04. The Morgan fingerprint density at radius 1 is 1.16 bits per heavy atom. The van der Waals surface area contributed by atoms with Crippen molar-refractivity contribution in [2.45, 2.75) is 13.2 Å². The summed E-state index contributed by atoms with van der Waals surface area (Å²) in [5, 5.41) is 3.31. The standard InChI is InChI=1S/C15H15BrFNO/c1-19-10-12-3-2-4-13(7-12)18-9-11-5-6-15(17)14(16)8-11/h2-8,18H,9-10H2,1H3. The van der Waals surface area contributed by atoms with Crippen molar-refractivity contribution in [2.75, 3.05) is 12.4 Å². The Kier molecular flexibility index (Phi) is 4.93. The molecule has 2 aromatic carbocycles. The van der Waals surface area contributed by atoms with Gasteiger partial charge in [0.2, 0.25) is 0 Å². The Balaban J connectivity index is 2.01. The normalized spacial score (nSPS) is 10.5. The summed E-state index contributed by atoms with van der Waals surface area (Å²) in [6.07, 6.45) is 0. The van der Waals surface area contributed by atoms with Crippen molar-refractivity contribution in [3.63, 3.8) is 0 Å². The zero-order valence-corrected chi connectivity index (χ0v) is 12.2. The van der Waals surface area contributed by atoms with Crippen LogP contribution >= 0.6 is 15.9 Å². The fraction of sp³-hybridized carbons (Fsp3) is 0.200. The molecule has 0 fully saturated rings. The van der Waals surface area contributed by atoms with Crippen LogP contribution in [0.2, 0.25) is 0 Å². The van der Waals surface area contributed by atoms with E-state index >= 15 is 0 Å². The monoisotopic (exact) mass is 323 g/mol. The summed E-state index contributed by atoms with van der Waals surface area (Å²) < 4.78 is 18.7. The van der Waals surface area contributed by atoms with E-state index in [0.29, 0.717) is 17.6 Å². The predicted octanol–water partition coefficient (Wildman–Crippen LogP) is 4.35. The van der Waals surface area contributed by atoms with Gasteiger partial charge in [-0.3, -0.25) is 0 Å². The largest absolute Gasteiger partial charge is 0.381 e. The van der Waals surface area contributed by atoms with Crippen molar-refractivity contribution >= 4 is 21.6 Å². The Labute approximate surface area is 120 Å². The van der Waals surface area contributed by atoms with E-state index in [1.54, 1.807) is 19.2 Å². The Bertz CT molecular complexity index is 560. The average Bonchev–Trinajstić information content (AvgIpc) is 2.41. The van der Waals surface area contributed by atoms with Crippen LogP contribution in [-0.2, 0) is 17.9 Å². The zero-order valence-electron chi connectivity index (χ0n) is 10.6. The summed E-state index contributed by atoms with van der Waals surface area (Å²) in [6, 6.07) is 13.1. The summed E-state index contributed by atoms with van der Waals surface area (Å²) in [5.41, 5.74) is 3.16. The van der Waals surface area contributed by atoms with Gasteiger partial charge in [0.25, 0.3) is 0 Å². The van der Waals surface area contributed by atoms with E-state index in [2.05, 4.69) is 21.2 Å². The van der Waals surface area contributed by atoms with Crippen LogP contribution in [0.25, 0.3) is 0 Å². The number of hydrogen-bond acceptors (Lipinski definition) is 2. The molecule has 0 saturated heterocycles. The number of benzene rings is 2. The van der Waals surface area contributed by atoms with Crippen LogP contribution in [0.4, 0.5) is 10.1 Å². The van der Waals surface area contributed by atoms with Gasteiger partial charge in [-0.15, -0.1) is 0 Å². The van der Waals surface area contributed by atoms with Crippen molar-refractivity contribution in [3.05, 3.63) is 63.9 Å². The molecule has 0 aliphatic rings. The first-order chi connectivity index (χ1) is 9.19. The molecule has 0 bridgehead atoms. The maximum absolute atomic E-state index is 13.1. The zero-order chi connectivity index (χ0) is 13.7. The van der Waals surface area contributed by atoms with Gasteiger partial charge in [-0.1, -0.05) is 18.2 Å². The van der Waals surface area contributed by atoms with E-state index in [4.69, 9.17) is 4.74 Å². The second-order valence-electron chi connectivity index (χ2n) is 4.24. The average molecular weight is 324 g/mol. The van der Waals surface area contributed by atoms with Gasteiger partial charge in [-0.25, -0.2) is 4.39 Å². The molecule has 0 aromatic heterocycles. The minimum Gasteiger partial charge on any atom is -0.381 e. The van der Waals surface area contributed by atoms with Crippen molar-refractivity contribution in [1.82, 2.24) is 0 Å². The number of ether oxygens (including phenoxy) is 1. The van der Waals surface area contributed by atoms with E-state index in [0.717, 1.165) is 16.8 Å². The van der Waals surface area contributed by atoms with Crippen molar-refractivity contribution < 1.29 is 9.13 Å². The molecule has 0 aliphatic carbocycles. The predicted molar refractivity (Wildman–Crippen MR) is 78.6 cm³/mol. The highest BCUT2D eigenvalue weighted by molar-refractivity contribution is 9.10. The Hall–Kier alpha value is -1.39. The summed E-state index contributed by atoms with van der Waals surface area (Å²) >= 11 is 3.19. The van der Waals surface area contributed by atoms with Crippen LogP contribution < -0.4 is 5.32 Å². The summed E-state index contributed by atoms with van der Waals surface area (Å²) in [7, 11) is 1.68. The van der Waals surface area contributed by atoms with Gasteiger partial charge in [0.05, 0.1) is 11.1 Å². The van der Waals surface area contributed by atoms with E-state index < -0.39 is 0 Å². The summed E-state index contributed by atoms with van der Waals surface area (Å²) in [4.78, 5) is 0. The molecule has 2 rings (SSSR count). The molecule has 0 unspecified atom stereocenters. The lowest BCUT2D eigenvalue weighted by Gasteiger charge is -2.09. The SMILES string of the molecule is COCc1cccc(NCc2ccc(F)c(Br)c2)c1. The molecule has 0 amide bonds. The molecule has 1 N–H and O–H groups in total. The lowest BCUT2D eigenvalue weighted by Crippen LogP contribution is -2.00. The minimum absolute atomic E-state index is 0.245. The highest BCUT2D eigenvalue weighted by atomic mass is 79.9. The molecule has 4 heteroatoms. The van der Waals surface area contributed by atoms with E-state index in [1.807, 2.05) is 24.3 Å². The lowest BCUT2D eigenvalue weighted by molar-refractivity contribution is 0.185. The summed E-state index contributed by atoms with van der Waals surface area (Å²) in [5.74, 6) is -0.245. The van der Waals surface area contributed by atoms with E-state index in [1.165, 1.54) is 6.07 Å². The third-order valence-corrected chi connectivity index (χ3v) is 3.33. The molecule has 0 spiro atoms. The number of halogens is 2. The van der Waals surface area contributed by atoms with Crippen molar-refractivity contribution in [3.8, 4) is 0 Å². The smallest absolute Gasteiger partial charge is 0.137 e. The molecule has 100 valence electrons. The number of methoxy groups -OCH3 is 1. The molecule has 0 radical (unpaired) electrons. The Morgan fingerprint density at radius 2 is 2.00 bits per heavy atom. The maximum atomic E-state index is 13.1. The van der Waals surface area contributed by atoms with Gasteiger partial charge in [-0.05, 0) is 51.3 Å². The molecule has 0 saturated carbocycles. The molecule has 2 aromatic rings. The number of rotatable bonds is 5. The van der Waals surface area contributed by atoms with E-state index in [9.17, 15) is 4.39 Å². The molecule has 2 nitrogen and oxygen atoms in total. The molecule has 0 heterocycles. The van der Waals surface area contributed by atoms with Gasteiger partial charge in [0.1, 0.15) is 5.82 Å². The van der Waals surface area contributed by atoms with Crippen molar-refractivity contribution in [2.24, 2.45) is 0 Å². The highest BCUT2D eigenvalue weighted by Gasteiger charge is 2.01. The second-order valence-corrected chi connectivity index (χ2v) is 5.09. The minimum atomic E-state index is -0.245. The van der Waals surface area contributed by atoms with E-state index in [-0.39, 0.29) is 5.82 Å². The quantitative estimate of drug-likeness (QED) is 0.883. The second kappa shape index (κ2) is 6.68. The highest BCUT2D eigenvalue weighted by Crippen LogP contribution is 2.18. The molecule has 0 aliphatic heterocycles. The number of anilines is 1. The van der Waals surface area contributed by atoms with Crippen LogP contribution in [0.5, 0.6) is 0 Å². The first kappa shape index (κ1) is 14.0. The number of nitrogens with one attached hydrogen (secondary N) is 1. The molecular weight excluding hydrogens is 309 g/mol. The van der Waals surface area contributed by atoms with Crippen LogP contribution in [0.1, 0.15) is 11.1 Å². The molecule has 0 atom stereocenters. The van der Waals surface area contributed by atoms with Crippen LogP contribution in [0.15, 0.2) is 46.9 Å². The Morgan fingerprint density at radius 3 is 2.74 bits per heavy atom. The van der Waals surface area contributed by atoms with Crippen LogP contribution in [0, 0.1) is 5.82 Å². The number of hydrogen-bond donors (Lipinski definition) is 1. The van der Waals surface area contributed by atoms with Crippen LogP contribution in [0.3, 0.4) is 0 Å². The summed E-state index contributed by atoms with van der Waals surface area (Å²) in [6.45, 7) is 1.24. The molecular formula is C15H15BrFNO. The topological polar surface area (TPSA) is 21.3 Å².